The number of hydrogen-bond acceptors (Lipinski definition) is 6. The normalized spacial score (nSPS) is 12.4. The van der Waals surface area contributed by atoms with Crippen molar-refractivity contribution >= 4 is 74.5 Å². The maximum atomic E-state index is 12.0. The van der Waals surface area contributed by atoms with E-state index in [4.69, 9.17) is 60.6 Å². The molecule has 236 valence electrons. The minimum atomic E-state index is -0.483. The molecule has 0 unspecified atom stereocenters. The molecule has 2 aromatic heterocycles. The van der Waals surface area contributed by atoms with E-state index in [2.05, 4.69) is 32.0 Å². The minimum Gasteiger partial charge on any atom is -0.486 e. The van der Waals surface area contributed by atoms with Crippen LogP contribution in [0.1, 0.15) is 37.7 Å². The third-order valence-corrected chi connectivity index (χ3v) is 7.52. The van der Waals surface area contributed by atoms with Crippen LogP contribution >= 0.6 is 62.3 Å². The fourth-order valence-electron chi connectivity index (χ4n) is 3.91. The van der Waals surface area contributed by atoms with Crippen LogP contribution in [0.4, 0.5) is 4.79 Å². The summed E-state index contributed by atoms with van der Waals surface area (Å²) in [6.07, 6.45) is 5.22. The molecule has 1 amide bonds. The number of pyridine rings is 2. The number of amides is 1. The fourth-order valence-corrected chi connectivity index (χ4v) is 5.22. The molecule has 1 aliphatic rings. The lowest BCUT2D eigenvalue weighted by atomic mass is 10.0. The molecule has 12 heteroatoms. The standard InChI is InChI=1S/C21H22Cl2N2O3.C12H8BrCl2NO/c1-21(2,3)28-20(26)25-11-15(12-25)8-14-6-7-24-17(9-14)13-27-19-5-4-16(22)10-18(19)23;13-8-3-4-16-10(5-8)7-17-12-2-1-9(14)6-11(12)15/h4-10H,11-13H2,1-3H3;1-6H,7H2. The SMILES string of the molecule is CC(C)(C)OC(=O)N1CC(=Cc2ccnc(COc3ccc(Cl)cc3Cl)c2)C1.Clc1ccc(OCc2cc(Br)ccn2)c(Cl)c1. The predicted octanol–water partition coefficient (Wildman–Crippen LogP) is 10.3. The smallest absolute Gasteiger partial charge is 0.410 e. The Bertz CT molecular complexity index is 1670. The molecule has 3 heterocycles. The average molecular weight is 754 g/mol. The summed E-state index contributed by atoms with van der Waals surface area (Å²) in [5, 5.41) is 2.10. The van der Waals surface area contributed by atoms with Gasteiger partial charge in [-0.25, -0.2) is 4.79 Å². The maximum absolute atomic E-state index is 12.0. The Morgan fingerprint density at radius 2 is 1.36 bits per heavy atom. The number of hydrogen-bond donors (Lipinski definition) is 0. The van der Waals surface area contributed by atoms with E-state index in [0.29, 0.717) is 57.9 Å². The van der Waals surface area contributed by atoms with Crippen LogP contribution in [0.25, 0.3) is 6.08 Å². The van der Waals surface area contributed by atoms with Gasteiger partial charge in [0.2, 0.25) is 0 Å². The molecule has 0 bridgehead atoms. The van der Waals surface area contributed by atoms with Crippen molar-refractivity contribution in [2.45, 2.75) is 39.6 Å². The van der Waals surface area contributed by atoms with Gasteiger partial charge < -0.3 is 19.1 Å². The molecule has 0 spiro atoms. The zero-order valence-corrected chi connectivity index (χ0v) is 29.3. The van der Waals surface area contributed by atoms with Gasteiger partial charge in [-0.2, -0.15) is 0 Å². The molecule has 1 saturated heterocycles. The van der Waals surface area contributed by atoms with Gasteiger partial charge in [-0.1, -0.05) is 68.4 Å². The Balaban J connectivity index is 0.000000231. The van der Waals surface area contributed by atoms with Crippen molar-refractivity contribution in [2.75, 3.05) is 13.1 Å². The number of nitrogens with zero attached hydrogens (tertiary/aromatic N) is 3. The van der Waals surface area contributed by atoms with E-state index >= 15 is 0 Å². The lowest BCUT2D eigenvalue weighted by molar-refractivity contribution is 0.0216. The van der Waals surface area contributed by atoms with Gasteiger partial charge in [-0.05, 0) is 92.6 Å². The first-order valence-electron chi connectivity index (χ1n) is 13.7. The van der Waals surface area contributed by atoms with Crippen molar-refractivity contribution < 1.29 is 19.0 Å². The number of aromatic nitrogens is 2. The van der Waals surface area contributed by atoms with Crippen molar-refractivity contribution in [1.29, 1.82) is 0 Å². The van der Waals surface area contributed by atoms with Gasteiger partial charge in [-0.15, -0.1) is 0 Å². The third kappa shape index (κ3) is 11.4. The van der Waals surface area contributed by atoms with Crippen LogP contribution in [0, 0.1) is 0 Å². The average Bonchev–Trinajstić information content (AvgIpc) is 2.93. The Hall–Kier alpha value is -3.01. The first-order chi connectivity index (χ1) is 21.3. The van der Waals surface area contributed by atoms with Crippen LogP contribution in [0.5, 0.6) is 11.5 Å². The zero-order chi connectivity index (χ0) is 32.6. The second-order valence-corrected chi connectivity index (χ2v) is 13.5. The monoisotopic (exact) mass is 751 g/mol. The van der Waals surface area contributed by atoms with Crippen LogP contribution in [-0.4, -0.2) is 39.7 Å². The highest BCUT2D eigenvalue weighted by molar-refractivity contribution is 9.10. The molecule has 2 aromatic carbocycles. The number of ether oxygens (including phenoxy) is 3. The number of carbonyl (C=O) groups excluding carboxylic acids is 1. The third-order valence-electron chi connectivity index (χ3n) is 5.97. The second kappa shape index (κ2) is 16.0. The molecule has 1 fully saturated rings. The van der Waals surface area contributed by atoms with Crippen molar-refractivity contribution in [2.24, 2.45) is 0 Å². The summed E-state index contributed by atoms with van der Waals surface area (Å²) < 4.78 is 17.6. The number of benzene rings is 2. The van der Waals surface area contributed by atoms with Gasteiger partial charge in [-0.3, -0.25) is 9.97 Å². The van der Waals surface area contributed by atoms with Crippen LogP contribution in [0.2, 0.25) is 20.1 Å². The highest BCUT2D eigenvalue weighted by atomic mass is 79.9. The molecule has 1 aliphatic heterocycles. The highest BCUT2D eigenvalue weighted by Crippen LogP contribution is 2.29. The first kappa shape index (κ1) is 34.9. The van der Waals surface area contributed by atoms with Crippen LogP contribution in [0.15, 0.2) is 83.1 Å². The summed E-state index contributed by atoms with van der Waals surface area (Å²) in [6.45, 7) is 7.38. The second-order valence-electron chi connectivity index (χ2n) is 10.9. The Kier molecular flexibility index (Phi) is 12.4. The summed E-state index contributed by atoms with van der Waals surface area (Å²) in [5.74, 6) is 1.15. The van der Waals surface area contributed by atoms with E-state index in [1.54, 1.807) is 53.7 Å². The zero-order valence-electron chi connectivity index (χ0n) is 24.7. The minimum absolute atomic E-state index is 0.284. The van der Waals surface area contributed by atoms with E-state index in [0.717, 1.165) is 27.0 Å². The number of likely N-dealkylation sites (tertiary alicyclic amines) is 1. The van der Waals surface area contributed by atoms with Gasteiger partial charge in [0, 0.05) is 40.0 Å². The largest absolute Gasteiger partial charge is 0.486 e. The molecule has 0 N–H and O–H groups in total. The van der Waals surface area contributed by atoms with E-state index in [1.807, 2.05) is 45.0 Å². The quantitative estimate of drug-likeness (QED) is 0.187. The lowest BCUT2D eigenvalue weighted by Gasteiger charge is -2.35. The van der Waals surface area contributed by atoms with E-state index in [1.165, 1.54) is 0 Å². The topological polar surface area (TPSA) is 73.8 Å². The maximum Gasteiger partial charge on any atom is 0.410 e. The van der Waals surface area contributed by atoms with Crippen LogP contribution in [-0.2, 0) is 18.0 Å². The van der Waals surface area contributed by atoms with Crippen molar-refractivity contribution in [1.82, 2.24) is 14.9 Å². The van der Waals surface area contributed by atoms with Gasteiger partial charge in [0.1, 0.15) is 30.3 Å². The predicted molar refractivity (Wildman–Crippen MR) is 184 cm³/mol. The summed E-state index contributed by atoms with van der Waals surface area (Å²) in [4.78, 5) is 22.2. The van der Waals surface area contributed by atoms with Crippen molar-refractivity contribution in [3.8, 4) is 11.5 Å². The van der Waals surface area contributed by atoms with Crippen molar-refractivity contribution in [3.05, 3.63) is 120 Å². The summed E-state index contributed by atoms with van der Waals surface area (Å²) in [5.41, 5.74) is 3.29. The number of halogens is 5. The first-order valence-corrected chi connectivity index (χ1v) is 16.0. The highest BCUT2D eigenvalue weighted by Gasteiger charge is 2.29. The number of carbonyl (C=O) groups is 1. The van der Waals surface area contributed by atoms with Crippen LogP contribution in [0.3, 0.4) is 0 Å². The Morgan fingerprint density at radius 1 is 0.822 bits per heavy atom. The molecule has 0 radical (unpaired) electrons. The summed E-state index contributed by atoms with van der Waals surface area (Å²) in [6, 6.07) is 17.8. The Morgan fingerprint density at radius 3 is 1.87 bits per heavy atom. The molecular formula is C33H30BrCl4N3O4. The molecule has 0 aliphatic carbocycles. The van der Waals surface area contributed by atoms with Gasteiger partial charge >= 0.3 is 6.09 Å². The van der Waals surface area contributed by atoms with E-state index in [-0.39, 0.29) is 6.09 Å². The molecule has 0 atom stereocenters. The summed E-state index contributed by atoms with van der Waals surface area (Å²) in [7, 11) is 0. The molecular weight excluding hydrogens is 724 g/mol. The van der Waals surface area contributed by atoms with E-state index in [9.17, 15) is 4.79 Å². The number of rotatable bonds is 7. The van der Waals surface area contributed by atoms with Gasteiger partial charge in [0.25, 0.3) is 0 Å². The molecule has 7 nitrogen and oxygen atoms in total. The van der Waals surface area contributed by atoms with Crippen molar-refractivity contribution in [3.63, 3.8) is 0 Å². The molecule has 45 heavy (non-hydrogen) atoms. The van der Waals surface area contributed by atoms with E-state index < -0.39 is 5.60 Å². The lowest BCUT2D eigenvalue weighted by Crippen LogP contribution is -2.46. The fraction of sp³-hybridized carbons (Fsp3) is 0.242. The van der Waals surface area contributed by atoms with Crippen LogP contribution < -0.4 is 9.47 Å². The molecule has 0 saturated carbocycles. The summed E-state index contributed by atoms with van der Waals surface area (Å²) >= 11 is 27.2. The van der Waals surface area contributed by atoms with Gasteiger partial charge in [0.15, 0.2) is 0 Å². The molecule has 5 rings (SSSR count). The molecule has 4 aromatic rings. The van der Waals surface area contributed by atoms with Gasteiger partial charge in [0.05, 0.1) is 21.4 Å². The Labute approximate surface area is 291 Å².